The number of hydrogen-bond donors (Lipinski definition) is 3. The van der Waals surface area contributed by atoms with Crippen LogP contribution in [0.3, 0.4) is 0 Å². The summed E-state index contributed by atoms with van der Waals surface area (Å²) in [5, 5.41) is 30.8. The minimum Gasteiger partial charge on any atom is -0.394 e. The third kappa shape index (κ3) is 3.54. The first-order chi connectivity index (χ1) is 14.5. The SMILES string of the molecule is OC[C@@H]1C[C@H](O)[C@@H](O)[C@H](n2cc(Cc3ccc(C4CC4)cc3)c3c(F)cccc32)O1. The Hall–Kier alpha value is -2.25. The lowest BCUT2D eigenvalue weighted by molar-refractivity contribution is -0.204. The maximum atomic E-state index is 14.8. The third-order valence-corrected chi connectivity index (χ3v) is 6.31. The Morgan fingerprint density at radius 3 is 2.53 bits per heavy atom. The van der Waals surface area contributed by atoms with E-state index in [0.29, 0.717) is 23.2 Å². The zero-order chi connectivity index (χ0) is 20.8. The Balaban J connectivity index is 1.53. The van der Waals surface area contributed by atoms with Crippen LogP contribution in [0.4, 0.5) is 4.39 Å². The normalized spacial score (nSPS) is 26.9. The van der Waals surface area contributed by atoms with Gasteiger partial charge in [0.05, 0.1) is 24.3 Å². The molecule has 3 N–H and O–H groups in total. The zero-order valence-corrected chi connectivity index (χ0v) is 16.6. The molecule has 0 spiro atoms. The fraction of sp³-hybridized carbons (Fsp3) is 0.417. The van der Waals surface area contributed by atoms with Gasteiger partial charge in [-0.05, 0) is 54.0 Å². The monoisotopic (exact) mass is 411 g/mol. The highest BCUT2D eigenvalue weighted by Gasteiger charge is 2.38. The smallest absolute Gasteiger partial charge is 0.163 e. The number of fused-ring (bicyclic) bond motifs is 1. The van der Waals surface area contributed by atoms with Crippen molar-refractivity contribution in [2.45, 2.75) is 56.1 Å². The first kappa shape index (κ1) is 19.7. The molecule has 0 unspecified atom stereocenters. The summed E-state index contributed by atoms with van der Waals surface area (Å²) in [4.78, 5) is 0. The Kier molecular flexibility index (Phi) is 5.11. The molecule has 0 radical (unpaired) electrons. The fourth-order valence-corrected chi connectivity index (χ4v) is 4.52. The van der Waals surface area contributed by atoms with E-state index < -0.39 is 24.5 Å². The molecule has 1 aliphatic carbocycles. The van der Waals surface area contributed by atoms with Gasteiger partial charge in [-0.3, -0.25) is 0 Å². The summed E-state index contributed by atoms with van der Waals surface area (Å²) in [5.74, 6) is 0.356. The summed E-state index contributed by atoms with van der Waals surface area (Å²) in [6.45, 7) is -0.256. The van der Waals surface area contributed by atoms with Crippen LogP contribution in [0, 0.1) is 5.82 Å². The molecule has 3 aromatic rings. The van der Waals surface area contributed by atoms with Crippen LogP contribution in [0.15, 0.2) is 48.7 Å². The van der Waals surface area contributed by atoms with Crippen LogP contribution in [0.1, 0.15) is 48.1 Å². The molecule has 1 saturated heterocycles. The summed E-state index contributed by atoms with van der Waals surface area (Å²) < 4.78 is 22.3. The van der Waals surface area contributed by atoms with Gasteiger partial charge in [-0.25, -0.2) is 4.39 Å². The number of nitrogens with zero attached hydrogens (tertiary/aromatic N) is 1. The van der Waals surface area contributed by atoms with Gasteiger partial charge in [0.1, 0.15) is 11.9 Å². The number of benzene rings is 2. The summed E-state index contributed by atoms with van der Waals surface area (Å²) >= 11 is 0. The van der Waals surface area contributed by atoms with Crippen molar-refractivity contribution in [3.63, 3.8) is 0 Å². The van der Waals surface area contributed by atoms with Crippen molar-refractivity contribution < 1.29 is 24.4 Å². The van der Waals surface area contributed by atoms with Crippen LogP contribution in [0.5, 0.6) is 0 Å². The highest BCUT2D eigenvalue weighted by atomic mass is 19.1. The van der Waals surface area contributed by atoms with E-state index in [1.54, 1.807) is 22.9 Å². The van der Waals surface area contributed by atoms with Crippen LogP contribution < -0.4 is 0 Å². The van der Waals surface area contributed by atoms with E-state index in [-0.39, 0.29) is 18.8 Å². The molecule has 5 rings (SSSR count). The van der Waals surface area contributed by atoms with Gasteiger partial charge in [-0.2, -0.15) is 0 Å². The van der Waals surface area contributed by atoms with Gasteiger partial charge in [0.15, 0.2) is 6.23 Å². The van der Waals surface area contributed by atoms with Crippen LogP contribution in [-0.2, 0) is 11.2 Å². The molecule has 30 heavy (non-hydrogen) atoms. The van der Waals surface area contributed by atoms with Gasteiger partial charge in [0, 0.05) is 18.0 Å². The number of halogens is 1. The van der Waals surface area contributed by atoms with Gasteiger partial charge in [0.25, 0.3) is 0 Å². The molecule has 1 aromatic heterocycles. The van der Waals surface area contributed by atoms with E-state index in [2.05, 4.69) is 24.3 Å². The number of aliphatic hydroxyl groups excluding tert-OH is 3. The van der Waals surface area contributed by atoms with Crippen molar-refractivity contribution in [3.05, 3.63) is 71.2 Å². The predicted octanol–water partition coefficient (Wildman–Crippen LogP) is 3.25. The molecule has 4 atom stereocenters. The first-order valence-electron chi connectivity index (χ1n) is 10.5. The Labute approximate surface area is 174 Å². The maximum Gasteiger partial charge on any atom is 0.163 e. The second-order valence-electron chi connectivity index (χ2n) is 8.51. The molecule has 6 heteroatoms. The minimum atomic E-state index is -1.17. The van der Waals surface area contributed by atoms with Crippen molar-refractivity contribution in [2.75, 3.05) is 6.61 Å². The summed E-state index contributed by atoms with van der Waals surface area (Å²) in [6.07, 6.45) is 1.32. The van der Waals surface area contributed by atoms with Gasteiger partial charge in [-0.1, -0.05) is 30.3 Å². The zero-order valence-electron chi connectivity index (χ0n) is 16.6. The van der Waals surface area contributed by atoms with Crippen LogP contribution in [-0.4, -0.2) is 44.8 Å². The largest absolute Gasteiger partial charge is 0.394 e. The van der Waals surface area contributed by atoms with Crippen molar-refractivity contribution in [3.8, 4) is 0 Å². The lowest BCUT2D eigenvalue weighted by Crippen LogP contribution is -2.46. The fourth-order valence-electron chi connectivity index (χ4n) is 4.52. The summed E-state index contributed by atoms with van der Waals surface area (Å²) in [6, 6.07) is 13.3. The number of ether oxygens (including phenoxy) is 1. The average Bonchev–Trinajstić information content (AvgIpc) is 3.53. The van der Waals surface area contributed by atoms with Crippen LogP contribution >= 0.6 is 0 Å². The second-order valence-corrected chi connectivity index (χ2v) is 8.51. The molecule has 2 fully saturated rings. The van der Waals surface area contributed by atoms with Gasteiger partial charge < -0.3 is 24.6 Å². The topological polar surface area (TPSA) is 74.9 Å². The molecular formula is C24H26FNO4. The number of aromatic nitrogens is 1. The van der Waals surface area contributed by atoms with Crippen molar-refractivity contribution in [1.29, 1.82) is 0 Å². The molecular weight excluding hydrogens is 385 g/mol. The van der Waals surface area contributed by atoms with Gasteiger partial charge >= 0.3 is 0 Å². The van der Waals surface area contributed by atoms with Crippen LogP contribution in [0.25, 0.3) is 10.9 Å². The molecule has 2 aliphatic rings. The number of hydrogen-bond acceptors (Lipinski definition) is 4. The van der Waals surface area contributed by atoms with Crippen molar-refractivity contribution >= 4 is 10.9 Å². The van der Waals surface area contributed by atoms with Crippen molar-refractivity contribution in [2.24, 2.45) is 0 Å². The van der Waals surface area contributed by atoms with Gasteiger partial charge in [0.2, 0.25) is 0 Å². The molecule has 1 saturated carbocycles. The maximum absolute atomic E-state index is 14.8. The van der Waals surface area contributed by atoms with E-state index in [4.69, 9.17) is 4.74 Å². The highest BCUT2D eigenvalue weighted by Crippen LogP contribution is 2.40. The average molecular weight is 411 g/mol. The molecule has 2 aromatic carbocycles. The molecule has 1 aliphatic heterocycles. The molecule has 2 heterocycles. The number of aliphatic hydroxyl groups is 3. The Morgan fingerprint density at radius 2 is 1.83 bits per heavy atom. The molecule has 5 nitrogen and oxygen atoms in total. The highest BCUT2D eigenvalue weighted by molar-refractivity contribution is 5.85. The Bertz CT molecular complexity index is 1040. The number of rotatable bonds is 5. The quantitative estimate of drug-likeness (QED) is 0.603. The summed E-state index contributed by atoms with van der Waals surface area (Å²) in [5.41, 5.74) is 3.82. The van der Waals surface area contributed by atoms with Gasteiger partial charge in [-0.15, -0.1) is 0 Å². The molecule has 0 amide bonds. The third-order valence-electron chi connectivity index (χ3n) is 6.31. The Morgan fingerprint density at radius 1 is 1.07 bits per heavy atom. The van der Waals surface area contributed by atoms with Crippen molar-refractivity contribution in [1.82, 2.24) is 4.57 Å². The lowest BCUT2D eigenvalue weighted by atomic mass is 10.0. The second kappa shape index (κ2) is 7.78. The molecule has 0 bridgehead atoms. The van der Waals surface area contributed by atoms with E-state index in [0.717, 1.165) is 11.1 Å². The summed E-state index contributed by atoms with van der Waals surface area (Å²) in [7, 11) is 0. The predicted molar refractivity (Wildman–Crippen MR) is 111 cm³/mol. The standard InChI is InChI=1S/C24H26FNO4/c25-19-2-1-3-20-22(19)17(10-14-4-6-15(7-5-14)16-8-9-16)12-26(20)24-23(29)21(28)11-18(13-27)30-24/h1-7,12,16,18,21,23-24,27-29H,8-11,13H2/t18-,21-,23+,24+/m0/s1. The van der Waals surface area contributed by atoms with E-state index in [1.807, 2.05) is 0 Å². The minimum absolute atomic E-state index is 0.155. The van der Waals surface area contributed by atoms with E-state index in [1.165, 1.54) is 24.5 Å². The van der Waals surface area contributed by atoms with Crippen LogP contribution in [0.2, 0.25) is 0 Å². The lowest BCUT2D eigenvalue weighted by Gasteiger charge is -2.37. The molecule has 158 valence electrons. The first-order valence-corrected chi connectivity index (χ1v) is 10.5. The van der Waals surface area contributed by atoms with E-state index >= 15 is 0 Å². The van der Waals surface area contributed by atoms with E-state index in [9.17, 15) is 19.7 Å².